The van der Waals surface area contributed by atoms with Crippen LogP contribution in [0.4, 0.5) is 0 Å². The van der Waals surface area contributed by atoms with E-state index in [9.17, 15) is 4.79 Å². The van der Waals surface area contributed by atoms with E-state index in [0.717, 1.165) is 15.4 Å². The standard InChI is InChI=1S/C16H10BrClO2/c1-9-13-7-4-11(17)8-14(13)20-16(9)15(19)10-2-5-12(18)6-3-10/h2-8H,1H3. The van der Waals surface area contributed by atoms with E-state index >= 15 is 0 Å². The van der Waals surface area contributed by atoms with E-state index in [1.807, 2.05) is 25.1 Å². The second-order valence-corrected chi connectivity index (χ2v) is 5.88. The molecule has 0 aliphatic carbocycles. The number of rotatable bonds is 2. The number of hydrogen-bond acceptors (Lipinski definition) is 2. The van der Waals surface area contributed by atoms with E-state index in [-0.39, 0.29) is 5.78 Å². The van der Waals surface area contributed by atoms with Crippen molar-refractivity contribution in [2.75, 3.05) is 0 Å². The number of halogens is 2. The lowest BCUT2D eigenvalue weighted by atomic mass is 10.1. The largest absolute Gasteiger partial charge is 0.452 e. The maximum Gasteiger partial charge on any atom is 0.228 e. The minimum absolute atomic E-state index is 0.133. The third kappa shape index (κ3) is 2.28. The van der Waals surface area contributed by atoms with Gasteiger partial charge in [0.25, 0.3) is 0 Å². The Kier molecular flexibility index (Phi) is 3.40. The van der Waals surface area contributed by atoms with Gasteiger partial charge in [-0.2, -0.15) is 0 Å². The van der Waals surface area contributed by atoms with Crippen LogP contribution in [0.2, 0.25) is 5.02 Å². The van der Waals surface area contributed by atoms with Crippen LogP contribution >= 0.6 is 27.5 Å². The van der Waals surface area contributed by atoms with Gasteiger partial charge in [0, 0.05) is 26.0 Å². The van der Waals surface area contributed by atoms with Gasteiger partial charge in [-0.05, 0) is 49.4 Å². The van der Waals surface area contributed by atoms with Crippen LogP contribution < -0.4 is 0 Å². The van der Waals surface area contributed by atoms with E-state index in [0.29, 0.717) is 21.9 Å². The summed E-state index contributed by atoms with van der Waals surface area (Å²) in [5.74, 6) is 0.243. The number of furan rings is 1. The van der Waals surface area contributed by atoms with E-state index < -0.39 is 0 Å². The van der Waals surface area contributed by atoms with Crippen molar-refractivity contribution < 1.29 is 9.21 Å². The predicted octanol–water partition coefficient (Wildman–Crippen LogP) is 5.39. The van der Waals surface area contributed by atoms with Crippen LogP contribution in [0.1, 0.15) is 21.7 Å². The van der Waals surface area contributed by atoms with Crippen molar-refractivity contribution >= 4 is 44.3 Å². The maximum absolute atomic E-state index is 12.5. The molecular formula is C16H10BrClO2. The van der Waals surface area contributed by atoms with Crippen molar-refractivity contribution in [1.82, 2.24) is 0 Å². The first kappa shape index (κ1) is 13.4. The Bertz CT molecular complexity index is 803. The molecule has 1 aromatic heterocycles. The van der Waals surface area contributed by atoms with Gasteiger partial charge in [-0.15, -0.1) is 0 Å². The SMILES string of the molecule is Cc1c(C(=O)c2ccc(Cl)cc2)oc2cc(Br)ccc12. The van der Waals surface area contributed by atoms with Crippen molar-refractivity contribution in [2.24, 2.45) is 0 Å². The third-order valence-corrected chi connectivity index (χ3v) is 3.96. The number of carbonyl (C=O) groups excluding carboxylic acids is 1. The van der Waals surface area contributed by atoms with Crippen LogP contribution in [0, 0.1) is 6.92 Å². The zero-order chi connectivity index (χ0) is 14.3. The summed E-state index contributed by atoms with van der Waals surface area (Å²) in [6.45, 7) is 1.89. The highest BCUT2D eigenvalue weighted by molar-refractivity contribution is 9.10. The number of hydrogen-bond donors (Lipinski definition) is 0. The van der Waals surface area contributed by atoms with Crippen molar-refractivity contribution in [3.63, 3.8) is 0 Å². The molecule has 20 heavy (non-hydrogen) atoms. The Morgan fingerprint density at radius 3 is 2.55 bits per heavy atom. The van der Waals surface area contributed by atoms with Gasteiger partial charge in [-0.25, -0.2) is 0 Å². The topological polar surface area (TPSA) is 30.2 Å². The van der Waals surface area contributed by atoms with Crippen LogP contribution in [0.15, 0.2) is 51.4 Å². The molecule has 0 saturated carbocycles. The molecule has 0 bridgehead atoms. The van der Waals surface area contributed by atoms with Gasteiger partial charge < -0.3 is 4.42 Å². The lowest BCUT2D eigenvalue weighted by Crippen LogP contribution is -2.00. The smallest absolute Gasteiger partial charge is 0.228 e. The van der Waals surface area contributed by atoms with E-state index in [2.05, 4.69) is 15.9 Å². The highest BCUT2D eigenvalue weighted by Gasteiger charge is 2.19. The second-order valence-electron chi connectivity index (χ2n) is 4.53. The van der Waals surface area contributed by atoms with Crippen LogP contribution in [0.5, 0.6) is 0 Å². The summed E-state index contributed by atoms with van der Waals surface area (Å²) >= 11 is 9.23. The highest BCUT2D eigenvalue weighted by Crippen LogP contribution is 2.29. The predicted molar refractivity (Wildman–Crippen MR) is 83.5 cm³/mol. The molecule has 1 heterocycles. The van der Waals surface area contributed by atoms with Crippen LogP contribution in [0.3, 0.4) is 0 Å². The summed E-state index contributed by atoms with van der Waals surface area (Å²) in [5.41, 5.74) is 2.12. The molecule has 0 aliphatic heterocycles. The molecule has 0 aliphatic rings. The highest BCUT2D eigenvalue weighted by atomic mass is 79.9. The number of carbonyl (C=O) groups is 1. The first-order valence-electron chi connectivity index (χ1n) is 6.05. The Hall–Kier alpha value is -1.58. The fourth-order valence-electron chi connectivity index (χ4n) is 2.15. The zero-order valence-electron chi connectivity index (χ0n) is 10.6. The summed E-state index contributed by atoms with van der Waals surface area (Å²) in [4.78, 5) is 12.5. The first-order chi connectivity index (χ1) is 9.56. The maximum atomic E-state index is 12.5. The molecule has 3 rings (SSSR count). The molecule has 0 amide bonds. The molecule has 0 radical (unpaired) electrons. The molecule has 0 atom stereocenters. The molecule has 3 aromatic rings. The van der Waals surface area contributed by atoms with Gasteiger partial charge in [0.2, 0.25) is 5.78 Å². The Labute approximate surface area is 129 Å². The molecular weight excluding hydrogens is 340 g/mol. The lowest BCUT2D eigenvalue weighted by Gasteiger charge is -1.99. The van der Waals surface area contributed by atoms with Gasteiger partial charge in [-0.1, -0.05) is 27.5 Å². The summed E-state index contributed by atoms with van der Waals surface area (Å²) < 4.78 is 6.63. The Morgan fingerprint density at radius 2 is 1.85 bits per heavy atom. The zero-order valence-corrected chi connectivity index (χ0v) is 13.0. The van der Waals surface area contributed by atoms with Crippen LogP contribution in [0.25, 0.3) is 11.0 Å². The molecule has 0 N–H and O–H groups in total. The van der Waals surface area contributed by atoms with E-state index in [1.54, 1.807) is 24.3 Å². The van der Waals surface area contributed by atoms with E-state index in [4.69, 9.17) is 16.0 Å². The van der Waals surface area contributed by atoms with Gasteiger partial charge in [0.15, 0.2) is 5.76 Å². The molecule has 2 aromatic carbocycles. The van der Waals surface area contributed by atoms with Gasteiger partial charge in [-0.3, -0.25) is 4.79 Å². The average Bonchev–Trinajstić information content (AvgIpc) is 2.75. The molecule has 0 saturated heterocycles. The van der Waals surface area contributed by atoms with Gasteiger partial charge in [0.1, 0.15) is 5.58 Å². The van der Waals surface area contributed by atoms with E-state index in [1.165, 1.54) is 0 Å². The number of fused-ring (bicyclic) bond motifs is 1. The molecule has 100 valence electrons. The van der Waals surface area contributed by atoms with Crippen LogP contribution in [-0.4, -0.2) is 5.78 Å². The third-order valence-electron chi connectivity index (χ3n) is 3.21. The molecule has 0 fully saturated rings. The summed E-state index contributed by atoms with van der Waals surface area (Å²) in [6, 6.07) is 12.5. The summed E-state index contributed by atoms with van der Waals surface area (Å²) in [5, 5.41) is 1.55. The average molecular weight is 350 g/mol. The van der Waals surface area contributed by atoms with Crippen molar-refractivity contribution in [2.45, 2.75) is 6.92 Å². The number of benzene rings is 2. The van der Waals surface area contributed by atoms with Gasteiger partial charge >= 0.3 is 0 Å². The molecule has 0 unspecified atom stereocenters. The number of aryl methyl sites for hydroxylation is 1. The molecule has 4 heteroatoms. The second kappa shape index (κ2) is 5.08. The lowest BCUT2D eigenvalue weighted by molar-refractivity contribution is 0.101. The molecule has 0 spiro atoms. The van der Waals surface area contributed by atoms with Gasteiger partial charge in [0.05, 0.1) is 0 Å². The number of ketones is 1. The monoisotopic (exact) mass is 348 g/mol. The normalized spacial score (nSPS) is 10.9. The minimum Gasteiger partial charge on any atom is -0.452 e. The van der Waals surface area contributed by atoms with Crippen molar-refractivity contribution in [1.29, 1.82) is 0 Å². The Balaban J connectivity index is 2.12. The van der Waals surface area contributed by atoms with Crippen molar-refractivity contribution in [3.8, 4) is 0 Å². The minimum atomic E-state index is -0.133. The fourth-order valence-corrected chi connectivity index (χ4v) is 2.61. The first-order valence-corrected chi connectivity index (χ1v) is 7.22. The quantitative estimate of drug-likeness (QED) is 0.581. The summed E-state index contributed by atoms with van der Waals surface area (Å²) in [7, 11) is 0. The fraction of sp³-hybridized carbons (Fsp3) is 0.0625. The van der Waals surface area contributed by atoms with Crippen molar-refractivity contribution in [3.05, 3.63) is 68.8 Å². The van der Waals surface area contributed by atoms with Crippen LogP contribution in [-0.2, 0) is 0 Å². The Morgan fingerprint density at radius 1 is 1.15 bits per heavy atom. The summed E-state index contributed by atoms with van der Waals surface area (Å²) in [6.07, 6.45) is 0. The molecule has 2 nitrogen and oxygen atoms in total.